The lowest BCUT2D eigenvalue weighted by atomic mass is 10.1. The van der Waals surface area contributed by atoms with E-state index in [1.54, 1.807) is 0 Å². The number of rotatable bonds is 4. The highest BCUT2D eigenvalue weighted by Crippen LogP contribution is 2.19. The number of hydrogen-bond acceptors (Lipinski definition) is 5. The Hall–Kier alpha value is -3.49. The van der Waals surface area contributed by atoms with Crippen molar-refractivity contribution in [2.75, 3.05) is 0 Å². The van der Waals surface area contributed by atoms with Gasteiger partial charge in [-0.15, -0.1) is 0 Å². The molecule has 0 fully saturated rings. The highest BCUT2D eigenvalue weighted by atomic mass is 19.1. The molecule has 2 aromatic heterocycles. The molecular weight excluding hydrogens is 319 g/mol. The second kappa shape index (κ2) is 5.95. The summed E-state index contributed by atoms with van der Waals surface area (Å²) < 4.78 is 19.2. The van der Waals surface area contributed by atoms with Gasteiger partial charge >= 0.3 is 11.7 Å². The molecule has 3 N–H and O–H groups in total. The van der Waals surface area contributed by atoms with Crippen LogP contribution in [0.5, 0.6) is 0 Å². The molecule has 1 aromatic carbocycles. The predicted octanol–water partition coefficient (Wildman–Crippen LogP) is 0.545. The number of esters is 1. The molecule has 0 aliphatic heterocycles. The van der Waals surface area contributed by atoms with E-state index < -0.39 is 29.5 Å². The smallest absolute Gasteiger partial charge is 0.347 e. The molecule has 3 rings (SSSR count). The molecular formula is C15H11FN4O4. The minimum atomic E-state index is -1.38. The molecule has 0 radical (unpaired) electrons. The van der Waals surface area contributed by atoms with Crippen molar-refractivity contribution in [3.63, 3.8) is 0 Å². The van der Waals surface area contributed by atoms with Gasteiger partial charge < -0.3 is 10.5 Å². The second-order valence-corrected chi connectivity index (χ2v) is 4.91. The normalized spacial score (nSPS) is 12.0. The number of nitrogens with one attached hydrogen (secondary N) is 1. The number of H-pyrrole nitrogens is 1. The number of benzene rings is 1. The van der Waals surface area contributed by atoms with E-state index in [1.807, 2.05) is 0 Å². The van der Waals surface area contributed by atoms with Crippen molar-refractivity contribution in [1.29, 1.82) is 0 Å². The number of nitrogens with two attached hydrogens (primary N) is 1. The first-order valence-corrected chi connectivity index (χ1v) is 6.78. The summed E-state index contributed by atoms with van der Waals surface area (Å²) in [5.74, 6) is -2.27. The maximum Gasteiger partial charge on any atom is 0.347 e. The number of hydrogen-bond donors (Lipinski definition) is 2. The third-order valence-electron chi connectivity index (χ3n) is 3.30. The number of aromatic amines is 1. The van der Waals surface area contributed by atoms with E-state index in [9.17, 15) is 18.8 Å². The molecule has 0 spiro atoms. The Labute approximate surface area is 133 Å². The zero-order valence-corrected chi connectivity index (χ0v) is 12.1. The number of carbonyl (C=O) groups excluding carboxylic acids is 2. The van der Waals surface area contributed by atoms with Gasteiger partial charge in [0.15, 0.2) is 5.65 Å². The average Bonchev–Trinajstić information content (AvgIpc) is 2.94. The molecule has 3 aromatic rings. The summed E-state index contributed by atoms with van der Waals surface area (Å²) in [5, 5.41) is 5.96. The van der Waals surface area contributed by atoms with E-state index in [1.165, 1.54) is 30.5 Å². The van der Waals surface area contributed by atoms with Crippen LogP contribution in [-0.4, -0.2) is 26.5 Å². The molecule has 24 heavy (non-hydrogen) atoms. The van der Waals surface area contributed by atoms with Crippen molar-refractivity contribution < 1.29 is 18.7 Å². The van der Waals surface area contributed by atoms with Crippen LogP contribution in [0.25, 0.3) is 5.65 Å². The monoisotopic (exact) mass is 330 g/mol. The summed E-state index contributed by atoms with van der Waals surface area (Å²) in [6, 6.07) is 7.66. The van der Waals surface area contributed by atoms with Crippen LogP contribution >= 0.6 is 0 Å². The van der Waals surface area contributed by atoms with Crippen molar-refractivity contribution >= 4 is 17.5 Å². The van der Waals surface area contributed by atoms with Crippen LogP contribution in [0.3, 0.4) is 0 Å². The fraction of sp³-hybridized carbons (Fsp3) is 0.0667. The van der Waals surface area contributed by atoms with Crippen molar-refractivity contribution in [2.24, 2.45) is 5.73 Å². The Morgan fingerprint density at radius 3 is 2.58 bits per heavy atom. The van der Waals surface area contributed by atoms with E-state index >= 15 is 0 Å². The third-order valence-corrected chi connectivity index (χ3v) is 3.30. The van der Waals surface area contributed by atoms with E-state index in [0.717, 1.165) is 16.5 Å². The number of primary amides is 1. The zero-order valence-electron chi connectivity index (χ0n) is 12.1. The van der Waals surface area contributed by atoms with Crippen LogP contribution in [0, 0.1) is 5.82 Å². The molecule has 0 aliphatic carbocycles. The number of nitrogens with zero attached hydrogens (tertiary/aromatic N) is 2. The standard InChI is InChI=1S/C15H11FN4O4/c16-10-4-1-8(2-5-10)12(13(17)21)24-14(22)9-3-6-11-18-19-15(23)20(11)7-9/h1-7,12H,(H2,17,21)(H,19,23). The van der Waals surface area contributed by atoms with Gasteiger partial charge in [-0.2, -0.15) is 5.10 Å². The number of carbonyl (C=O) groups is 2. The largest absolute Gasteiger partial charge is 0.444 e. The Morgan fingerprint density at radius 2 is 1.92 bits per heavy atom. The van der Waals surface area contributed by atoms with Gasteiger partial charge in [0.05, 0.1) is 5.56 Å². The van der Waals surface area contributed by atoms with E-state index in [-0.39, 0.29) is 11.1 Å². The lowest BCUT2D eigenvalue weighted by Crippen LogP contribution is -2.26. The first-order valence-electron chi connectivity index (χ1n) is 6.78. The lowest BCUT2D eigenvalue weighted by molar-refractivity contribution is -0.127. The van der Waals surface area contributed by atoms with Crippen LogP contribution in [0.2, 0.25) is 0 Å². The number of fused-ring (bicyclic) bond motifs is 1. The number of amides is 1. The van der Waals surface area contributed by atoms with Crippen LogP contribution in [0.1, 0.15) is 22.0 Å². The van der Waals surface area contributed by atoms with Crippen LogP contribution in [0.4, 0.5) is 4.39 Å². The summed E-state index contributed by atoms with van der Waals surface area (Å²) in [4.78, 5) is 35.3. The molecule has 2 heterocycles. The summed E-state index contributed by atoms with van der Waals surface area (Å²) in [6.07, 6.45) is -0.151. The average molecular weight is 330 g/mol. The van der Waals surface area contributed by atoms with Gasteiger partial charge in [-0.1, -0.05) is 12.1 Å². The minimum absolute atomic E-state index is 0.0272. The summed E-state index contributed by atoms with van der Waals surface area (Å²) >= 11 is 0. The van der Waals surface area contributed by atoms with Crippen LogP contribution in [0.15, 0.2) is 47.4 Å². The Morgan fingerprint density at radius 1 is 1.21 bits per heavy atom. The molecule has 9 heteroatoms. The highest BCUT2D eigenvalue weighted by Gasteiger charge is 2.24. The maximum atomic E-state index is 13.0. The van der Waals surface area contributed by atoms with Crippen molar-refractivity contribution in [1.82, 2.24) is 14.6 Å². The molecule has 0 saturated carbocycles. The second-order valence-electron chi connectivity index (χ2n) is 4.91. The minimum Gasteiger partial charge on any atom is -0.444 e. The Balaban J connectivity index is 1.89. The Bertz CT molecular complexity index is 977. The number of aromatic nitrogens is 3. The fourth-order valence-electron chi connectivity index (χ4n) is 2.13. The molecule has 1 amide bonds. The van der Waals surface area contributed by atoms with E-state index in [4.69, 9.17) is 10.5 Å². The van der Waals surface area contributed by atoms with Crippen molar-refractivity contribution in [3.05, 3.63) is 70.0 Å². The van der Waals surface area contributed by atoms with Gasteiger partial charge in [-0.25, -0.2) is 23.5 Å². The topological polar surface area (TPSA) is 120 Å². The van der Waals surface area contributed by atoms with Crippen LogP contribution in [-0.2, 0) is 9.53 Å². The number of pyridine rings is 1. The van der Waals surface area contributed by atoms with Gasteiger partial charge in [0.1, 0.15) is 5.82 Å². The molecule has 1 atom stereocenters. The molecule has 0 bridgehead atoms. The summed E-state index contributed by atoms with van der Waals surface area (Å²) in [7, 11) is 0. The lowest BCUT2D eigenvalue weighted by Gasteiger charge is -2.15. The van der Waals surface area contributed by atoms with Gasteiger partial charge in [-0.3, -0.25) is 4.79 Å². The first-order chi connectivity index (χ1) is 11.5. The zero-order chi connectivity index (χ0) is 17.3. The van der Waals surface area contributed by atoms with Crippen molar-refractivity contribution in [2.45, 2.75) is 6.10 Å². The molecule has 122 valence electrons. The van der Waals surface area contributed by atoms with E-state index in [2.05, 4.69) is 10.2 Å². The maximum absolute atomic E-state index is 13.0. The van der Waals surface area contributed by atoms with Gasteiger partial charge in [0.2, 0.25) is 6.10 Å². The van der Waals surface area contributed by atoms with Crippen molar-refractivity contribution in [3.8, 4) is 0 Å². The molecule has 8 nitrogen and oxygen atoms in total. The number of halogens is 1. The van der Waals surface area contributed by atoms with Gasteiger partial charge in [-0.05, 0) is 24.3 Å². The van der Waals surface area contributed by atoms with Gasteiger partial charge in [0, 0.05) is 11.8 Å². The number of ether oxygens (including phenoxy) is 1. The Kier molecular flexibility index (Phi) is 3.82. The van der Waals surface area contributed by atoms with Gasteiger partial charge in [0.25, 0.3) is 5.91 Å². The van der Waals surface area contributed by atoms with Crippen LogP contribution < -0.4 is 11.4 Å². The quantitative estimate of drug-likeness (QED) is 0.677. The molecule has 1 unspecified atom stereocenters. The molecule has 0 aliphatic rings. The predicted molar refractivity (Wildman–Crippen MR) is 79.6 cm³/mol. The first kappa shape index (κ1) is 15.4. The SMILES string of the molecule is NC(=O)C(OC(=O)c1ccc2n[nH]c(=O)n2c1)c1ccc(F)cc1. The summed E-state index contributed by atoms with van der Waals surface area (Å²) in [5.41, 5.74) is 5.31. The third kappa shape index (κ3) is 2.86. The van der Waals surface area contributed by atoms with E-state index in [0.29, 0.717) is 5.65 Å². The summed E-state index contributed by atoms with van der Waals surface area (Å²) in [6.45, 7) is 0. The molecule has 0 saturated heterocycles. The fourth-order valence-corrected chi connectivity index (χ4v) is 2.13. The highest BCUT2D eigenvalue weighted by molar-refractivity contribution is 5.92.